The van der Waals surface area contributed by atoms with Gasteiger partial charge in [0.05, 0.1) is 11.8 Å². The summed E-state index contributed by atoms with van der Waals surface area (Å²) in [6.45, 7) is 4.29. The Morgan fingerprint density at radius 1 is 1.00 bits per heavy atom. The molecule has 0 amide bonds. The maximum Gasteiger partial charge on any atom is 0.211 e. The number of likely N-dealkylation sites (N-methyl/N-ethyl adjacent to an activating group) is 1. The van der Waals surface area contributed by atoms with Crippen LogP contribution in [0.5, 0.6) is 0 Å². The molecule has 0 spiro atoms. The molecule has 1 aliphatic heterocycles. The lowest BCUT2D eigenvalue weighted by molar-refractivity contribution is 0.109. The fourth-order valence-corrected chi connectivity index (χ4v) is 4.61. The molecule has 1 fully saturated rings. The zero-order valence-electron chi connectivity index (χ0n) is 16.2. The first-order valence-corrected chi connectivity index (χ1v) is 11.1. The van der Waals surface area contributed by atoms with Gasteiger partial charge in [-0.15, -0.1) is 0 Å². The summed E-state index contributed by atoms with van der Waals surface area (Å²) >= 11 is 0. The number of nitrogens with zero attached hydrogens (tertiary/aromatic N) is 3. The SMILES string of the molecule is CN1CCN(C(CNS(=O)(=O)CCc2ccccc2)c2cccn2C)CC1. The lowest BCUT2D eigenvalue weighted by Crippen LogP contribution is -2.49. The molecule has 1 unspecified atom stereocenters. The van der Waals surface area contributed by atoms with Crippen LogP contribution in [0.2, 0.25) is 0 Å². The second-order valence-corrected chi connectivity index (χ2v) is 9.23. The number of nitrogens with one attached hydrogen (secondary N) is 1. The smallest absolute Gasteiger partial charge is 0.211 e. The van der Waals surface area contributed by atoms with Crippen LogP contribution in [0.4, 0.5) is 0 Å². The summed E-state index contributed by atoms with van der Waals surface area (Å²) in [5.74, 6) is 0.111. The van der Waals surface area contributed by atoms with Gasteiger partial charge in [-0.2, -0.15) is 0 Å². The molecule has 2 aromatic rings. The van der Waals surface area contributed by atoms with Gasteiger partial charge in [0.25, 0.3) is 0 Å². The van der Waals surface area contributed by atoms with E-state index in [4.69, 9.17) is 0 Å². The van der Waals surface area contributed by atoms with Crippen molar-refractivity contribution in [1.29, 1.82) is 0 Å². The number of benzene rings is 1. The Hall–Kier alpha value is -1.67. The van der Waals surface area contributed by atoms with Crippen LogP contribution in [0.15, 0.2) is 48.7 Å². The predicted molar refractivity (Wildman–Crippen MR) is 109 cm³/mol. The van der Waals surface area contributed by atoms with E-state index in [-0.39, 0.29) is 11.8 Å². The highest BCUT2D eigenvalue weighted by Crippen LogP contribution is 2.22. The minimum absolute atomic E-state index is 0.0465. The van der Waals surface area contributed by atoms with Crippen molar-refractivity contribution in [3.05, 3.63) is 59.9 Å². The minimum atomic E-state index is -3.32. The van der Waals surface area contributed by atoms with E-state index < -0.39 is 10.0 Å². The van der Waals surface area contributed by atoms with Crippen molar-refractivity contribution in [3.63, 3.8) is 0 Å². The van der Waals surface area contributed by atoms with E-state index in [1.165, 1.54) is 0 Å². The third-order valence-corrected chi connectivity index (χ3v) is 6.65. The van der Waals surface area contributed by atoms with Gasteiger partial charge in [0, 0.05) is 51.7 Å². The van der Waals surface area contributed by atoms with Crippen LogP contribution in [0.3, 0.4) is 0 Å². The average Bonchev–Trinajstić information content (AvgIpc) is 3.08. The van der Waals surface area contributed by atoms with Crippen LogP contribution < -0.4 is 4.72 Å². The number of sulfonamides is 1. The molecule has 6 nitrogen and oxygen atoms in total. The molecular formula is C20H30N4O2S. The van der Waals surface area contributed by atoms with Crippen molar-refractivity contribution in [2.45, 2.75) is 12.5 Å². The van der Waals surface area contributed by atoms with Gasteiger partial charge < -0.3 is 9.47 Å². The largest absolute Gasteiger partial charge is 0.353 e. The minimum Gasteiger partial charge on any atom is -0.353 e. The number of hydrogen-bond donors (Lipinski definition) is 1. The number of piperazine rings is 1. The molecule has 148 valence electrons. The van der Waals surface area contributed by atoms with Gasteiger partial charge in [-0.1, -0.05) is 30.3 Å². The van der Waals surface area contributed by atoms with E-state index in [1.807, 2.05) is 49.6 Å². The van der Waals surface area contributed by atoms with Crippen LogP contribution in [0, 0.1) is 0 Å². The molecule has 1 aliphatic rings. The van der Waals surface area contributed by atoms with E-state index in [0.29, 0.717) is 13.0 Å². The first-order chi connectivity index (χ1) is 12.9. The van der Waals surface area contributed by atoms with Crippen LogP contribution >= 0.6 is 0 Å². The van der Waals surface area contributed by atoms with Crippen molar-refractivity contribution in [2.24, 2.45) is 7.05 Å². The summed E-state index contributed by atoms with van der Waals surface area (Å²) in [5.41, 5.74) is 2.19. The standard InChI is InChI=1S/C20H30N4O2S/c1-22-12-14-24(15-13-22)20(19-9-6-11-23(19)2)17-21-27(25,26)16-10-18-7-4-3-5-8-18/h3-9,11,20-21H,10,12-17H2,1-2H3. The van der Waals surface area contributed by atoms with Crippen molar-refractivity contribution in [2.75, 3.05) is 45.5 Å². The first kappa shape index (κ1) is 20.1. The quantitative estimate of drug-likeness (QED) is 0.742. The molecule has 0 radical (unpaired) electrons. The zero-order valence-corrected chi connectivity index (χ0v) is 17.0. The summed E-state index contributed by atoms with van der Waals surface area (Å²) in [6.07, 6.45) is 2.54. The number of rotatable bonds is 8. The maximum absolute atomic E-state index is 12.6. The van der Waals surface area contributed by atoms with Gasteiger partial charge in [-0.25, -0.2) is 13.1 Å². The molecule has 1 aromatic heterocycles. The molecule has 0 bridgehead atoms. The van der Waals surface area contributed by atoms with Crippen LogP contribution in [0.1, 0.15) is 17.3 Å². The topological polar surface area (TPSA) is 57.6 Å². The molecule has 0 saturated carbocycles. The van der Waals surface area contributed by atoms with Crippen LogP contribution in [-0.2, 0) is 23.5 Å². The molecule has 1 atom stereocenters. The highest BCUT2D eigenvalue weighted by molar-refractivity contribution is 7.89. The Morgan fingerprint density at radius 3 is 2.33 bits per heavy atom. The predicted octanol–water partition coefficient (Wildman–Crippen LogP) is 1.48. The zero-order chi connectivity index (χ0) is 19.3. The van der Waals surface area contributed by atoms with Crippen LogP contribution in [0.25, 0.3) is 0 Å². The van der Waals surface area contributed by atoms with E-state index in [0.717, 1.165) is 37.4 Å². The second kappa shape index (κ2) is 9.01. The summed E-state index contributed by atoms with van der Waals surface area (Å²) in [5, 5.41) is 0. The summed E-state index contributed by atoms with van der Waals surface area (Å²) in [7, 11) is 0.818. The molecule has 1 saturated heterocycles. The van der Waals surface area contributed by atoms with Crippen molar-refractivity contribution >= 4 is 10.0 Å². The van der Waals surface area contributed by atoms with E-state index in [2.05, 4.69) is 32.2 Å². The fraction of sp³-hybridized carbons (Fsp3) is 0.500. The third-order valence-electron chi connectivity index (χ3n) is 5.30. The van der Waals surface area contributed by atoms with Crippen molar-refractivity contribution in [1.82, 2.24) is 19.1 Å². The number of aromatic nitrogens is 1. The highest BCUT2D eigenvalue weighted by Gasteiger charge is 2.26. The maximum atomic E-state index is 12.6. The number of aryl methyl sites for hydroxylation is 2. The van der Waals surface area contributed by atoms with Gasteiger partial charge in [-0.05, 0) is 31.2 Å². The molecular weight excluding hydrogens is 360 g/mol. The fourth-order valence-electron chi connectivity index (χ4n) is 3.55. The first-order valence-electron chi connectivity index (χ1n) is 9.50. The molecule has 1 N–H and O–H groups in total. The lowest BCUT2D eigenvalue weighted by atomic mass is 10.1. The number of hydrogen-bond acceptors (Lipinski definition) is 4. The Morgan fingerprint density at radius 2 is 1.70 bits per heavy atom. The lowest BCUT2D eigenvalue weighted by Gasteiger charge is -2.38. The van der Waals surface area contributed by atoms with Gasteiger partial charge >= 0.3 is 0 Å². The van der Waals surface area contributed by atoms with E-state index in [1.54, 1.807) is 0 Å². The van der Waals surface area contributed by atoms with Gasteiger partial charge in [0.15, 0.2) is 0 Å². The Bertz CT molecular complexity index is 812. The summed E-state index contributed by atoms with van der Waals surface area (Å²) in [6, 6.07) is 13.9. The van der Waals surface area contributed by atoms with E-state index >= 15 is 0 Å². The normalized spacial score (nSPS) is 17.9. The Kier molecular flexibility index (Phi) is 6.70. The van der Waals surface area contributed by atoms with Crippen molar-refractivity contribution < 1.29 is 8.42 Å². The molecule has 3 rings (SSSR count). The highest BCUT2D eigenvalue weighted by atomic mass is 32.2. The van der Waals surface area contributed by atoms with E-state index in [9.17, 15) is 8.42 Å². The third kappa shape index (κ3) is 5.65. The Labute approximate surface area is 162 Å². The summed E-state index contributed by atoms with van der Waals surface area (Å²) in [4.78, 5) is 4.69. The molecule has 7 heteroatoms. The molecule has 27 heavy (non-hydrogen) atoms. The van der Waals surface area contributed by atoms with Crippen molar-refractivity contribution in [3.8, 4) is 0 Å². The summed E-state index contributed by atoms with van der Waals surface area (Å²) < 4.78 is 30.0. The van der Waals surface area contributed by atoms with Gasteiger partial charge in [0.2, 0.25) is 10.0 Å². The molecule has 0 aliphatic carbocycles. The Balaban J connectivity index is 1.64. The monoisotopic (exact) mass is 390 g/mol. The molecule has 1 aromatic carbocycles. The molecule has 2 heterocycles. The van der Waals surface area contributed by atoms with Crippen LogP contribution in [-0.4, -0.2) is 68.3 Å². The average molecular weight is 391 g/mol. The van der Waals surface area contributed by atoms with Gasteiger partial charge in [0.1, 0.15) is 0 Å². The van der Waals surface area contributed by atoms with Gasteiger partial charge in [-0.3, -0.25) is 4.90 Å². The second-order valence-electron chi connectivity index (χ2n) is 7.30.